The smallest absolute Gasteiger partial charge is 0.267 e. The Hall–Kier alpha value is -3.16. The van der Waals surface area contributed by atoms with E-state index in [2.05, 4.69) is 15.5 Å². The summed E-state index contributed by atoms with van der Waals surface area (Å²) in [7, 11) is 1.60. The third kappa shape index (κ3) is 6.43. The fraction of sp³-hybridized carbons (Fsp3) is 0.304. The average molecular weight is 409 g/mol. The number of carbonyl (C=O) groups excluding carboxylic acids is 2. The lowest BCUT2D eigenvalue weighted by molar-refractivity contribution is -0.117. The summed E-state index contributed by atoms with van der Waals surface area (Å²) >= 11 is 0. The molecule has 7 heteroatoms. The largest absolute Gasteiger partial charge is 0.497 e. The minimum atomic E-state index is -0.335. The number of methoxy groups -OCH3 is 1. The number of benzene rings is 2. The molecule has 2 amide bonds. The molecule has 3 rings (SSSR count). The van der Waals surface area contributed by atoms with Crippen molar-refractivity contribution in [1.29, 1.82) is 0 Å². The summed E-state index contributed by atoms with van der Waals surface area (Å²) in [6.45, 7) is 4.36. The predicted molar refractivity (Wildman–Crippen MR) is 115 cm³/mol. The third-order valence-corrected chi connectivity index (χ3v) is 4.77. The lowest BCUT2D eigenvalue weighted by Crippen LogP contribution is -2.42. The molecular formula is C23H27N3O4. The first-order valence-corrected chi connectivity index (χ1v) is 9.96. The topological polar surface area (TPSA) is 79.9 Å². The van der Waals surface area contributed by atoms with Crippen LogP contribution in [0, 0.1) is 0 Å². The van der Waals surface area contributed by atoms with Crippen molar-refractivity contribution in [2.75, 3.05) is 46.5 Å². The molecule has 1 saturated heterocycles. The fourth-order valence-corrected chi connectivity index (χ4v) is 3.06. The van der Waals surface area contributed by atoms with Crippen LogP contribution >= 0.6 is 0 Å². The van der Waals surface area contributed by atoms with E-state index in [9.17, 15) is 9.59 Å². The Labute approximate surface area is 176 Å². The van der Waals surface area contributed by atoms with Gasteiger partial charge in [0.1, 0.15) is 11.4 Å². The Balaban J connectivity index is 1.69. The zero-order chi connectivity index (χ0) is 21.2. The van der Waals surface area contributed by atoms with Gasteiger partial charge in [0.15, 0.2) is 0 Å². The van der Waals surface area contributed by atoms with Crippen molar-refractivity contribution >= 4 is 17.9 Å². The van der Waals surface area contributed by atoms with E-state index in [0.717, 1.165) is 30.9 Å². The number of nitrogens with zero attached hydrogens (tertiary/aromatic N) is 1. The molecule has 1 aliphatic heterocycles. The van der Waals surface area contributed by atoms with Crippen LogP contribution in [0.3, 0.4) is 0 Å². The summed E-state index contributed by atoms with van der Waals surface area (Å²) in [5.74, 6) is 0.0547. The highest BCUT2D eigenvalue weighted by molar-refractivity contribution is 6.05. The maximum atomic E-state index is 12.8. The molecular weight excluding hydrogens is 382 g/mol. The molecule has 2 aromatic carbocycles. The number of morpholine rings is 1. The van der Waals surface area contributed by atoms with Gasteiger partial charge in [-0.2, -0.15) is 0 Å². The Bertz CT molecular complexity index is 860. The van der Waals surface area contributed by atoms with Crippen LogP contribution in [-0.2, 0) is 9.53 Å². The SMILES string of the molecule is COc1ccc(/C=C(/NC(=O)c2ccccc2)C(=O)NCCN2CCOCC2)cc1. The van der Waals surface area contributed by atoms with Crippen molar-refractivity contribution in [2.24, 2.45) is 0 Å². The summed E-state index contributed by atoms with van der Waals surface area (Å²) in [5.41, 5.74) is 1.46. The van der Waals surface area contributed by atoms with Crippen molar-refractivity contribution in [3.8, 4) is 5.75 Å². The summed E-state index contributed by atoms with van der Waals surface area (Å²) in [4.78, 5) is 27.6. The van der Waals surface area contributed by atoms with E-state index in [1.54, 1.807) is 49.6 Å². The molecule has 0 spiro atoms. The van der Waals surface area contributed by atoms with E-state index in [1.807, 2.05) is 18.2 Å². The number of hydrogen-bond acceptors (Lipinski definition) is 5. The number of ether oxygens (including phenoxy) is 2. The fourth-order valence-electron chi connectivity index (χ4n) is 3.06. The molecule has 0 aromatic heterocycles. The molecule has 0 radical (unpaired) electrons. The predicted octanol–water partition coefficient (Wildman–Crippen LogP) is 1.91. The summed E-state index contributed by atoms with van der Waals surface area (Å²) in [5, 5.41) is 5.64. The van der Waals surface area contributed by atoms with E-state index in [-0.39, 0.29) is 17.5 Å². The number of carbonyl (C=O) groups is 2. The van der Waals surface area contributed by atoms with Crippen molar-refractivity contribution in [1.82, 2.24) is 15.5 Å². The van der Waals surface area contributed by atoms with Crippen LogP contribution in [-0.4, -0.2) is 63.2 Å². The average Bonchev–Trinajstić information content (AvgIpc) is 2.80. The molecule has 2 aromatic rings. The molecule has 0 unspecified atom stereocenters. The summed E-state index contributed by atoms with van der Waals surface area (Å²) < 4.78 is 10.5. The van der Waals surface area contributed by atoms with Gasteiger partial charge in [0.25, 0.3) is 11.8 Å². The van der Waals surface area contributed by atoms with Gasteiger partial charge in [0.2, 0.25) is 0 Å². The highest BCUT2D eigenvalue weighted by Crippen LogP contribution is 2.14. The standard InChI is InChI=1S/C23H27N3O4/c1-29-20-9-7-18(8-10-20)17-21(25-22(27)19-5-3-2-4-6-19)23(28)24-11-12-26-13-15-30-16-14-26/h2-10,17H,11-16H2,1H3,(H,24,28)(H,25,27)/b21-17+. The summed E-state index contributed by atoms with van der Waals surface area (Å²) in [6.07, 6.45) is 1.66. The molecule has 7 nitrogen and oxygen atoms in total. The minimum Gasteiger partial charge on any atom is -0.497 e. The lowest BCUT2D eigenvalue weighted by Gasteiger charge is -2.26. The van der Waals surface area contributed by atoms with Gasteiger partial charge in [0.05, 0.1) is 20.3 Å². The van der Waals surface area contributed by atoms with Crippen molar-refractivity contribution in [2.45, 2.75) is 0 Å². The van der Waals surface area contributed by atoms with Gasteiger partial charge < -0.3 is 20.1 Å². The molecule has 1 aliphatic rings. The van der Waals surface area contributed by atoms with E-state index in [4.69, 9.17) is 9.47 Å². The number of rotatable bonds is 8. The highest BCUT2D eigenvalue weighted by atomic mass is 16.5. The highest BCUT2D eigenvalue weighted by Gasteiger charge is 2.15. The van der Waals surface area contributed by atoms with Crippen molar-refractivity contribution in [3.05, 3.63) is 71.4 Å². The molecule has 158 valence electrons. The van der Waals surface area contributed by atoms with Gasteiger partial charge >= 0.3 is 0 Å². The second kappa shape index (κ2) is 11.1. The van der Waals surface area contributed by atoms with Crippen LogP contribution in [0.5, 0.6) is 5.75 Å². The van der Waals surface area contributed by atoms with E-state index < -0.39 is 0 Å². The molecule has 0 bridgehead atoms. The van der Waals surface area contributed by atoms with Crippen molar-refractivity contribution in [3.63, 3.8) is 0 Å². The molecule has 1 heterocycles. The molecule has 0 saturated carbocycles. The second-order valence-electron chi connectivity index (χ2n) is 6.86. The van der Waals surface area contributed by atoms with E-state index >= 15 is 0 Å². The quantitative estimate of drug-likeness (QED) is 0.651. The van der Waals surface area contributed by atoms with Gasteiger partial charge in [-0.1, -0.05) is 30.3 Å². The van der Waals surface area contributed by atoms with Crippen LogP contribution in [0.15, 0.2) is 60.3 Å². The molecule has 2 N–H and O–H groups in total. The Morgan fingerprint density at radius 2 is 1.77 bits per heavy atom. The molecule has 1 fully saturated rings. The zero-order valence-electron chi connectivity index (χ0n) is 17.1. The van der Waals surface area contributed by atoms with Gasteiger partial charge in [-0.05, 0) is 35.9 Å². The minimum absolute atomic E-state index is 0.191. The molecule has 0 aliphatic carbocycles. The monoisotopic (exact) mass is 409 g/mol. The normalized spacial score (nSPS) is 14.8. The first-order valence-electron chi connectivity index (χ1n) is 9.96. The van der Waals surface area contributed by atoms with Gasteiger partial charge in [0, 0.05) is 31.7 Å². The molecule has 0 atom stereocenters. The van der Waals surface area contributed by atoms with E-state index in [0.29, 0.717) is 25.3 Å². The number of hydrogen-bond donors (Lipinski definition) is 2. The Kier molecular flexibility index (Phi) is 8.00. The van der Waals surface area contributed by atoms with E-state index in [1.165, 1.54) is 0 Å². The lowest BCUT2D eigenvalue weighted by atomic mass is 10.1. The van der Waals surface area contributed by atoms with Crippen LogP contribution in [0.25, 0.3) is 6.08 Å². The van der Waals surface area contributed by atoms with Crippen LogP contribution in [0.2, 0.25) is 0 Å². The molecule has 30 heavy (non-hydrogen) atoms. The zero-order valence-corrected chi connectivity index (χ0v) is 17.1. The maximum Gasteiger partial charge on any atom is 0.267 e. The number of amides is 2. The van der Waals surface area contributed by atoms with Crippen LogP contribution < -0.4 is 15.4 Å². The van der Waals surface area contributed by atoms with Crippen LogP contribution in [0.1, 0.15) is 15.9 Å². The first kappa shape index (κ1) is 21.5. The summed E-state index contributed by atoms with van der Waals surface area (Å²) in [6, 6.07) is 16.1. The van der Waals surface area contributed by atoms with Gasteiger partial charge in [-0.15, -0.1) is 0 Å². The second-order valence-corrected chi connectivity index (χ2v) is 6.86. The Morgan fingerprint density at radius 1 is 1.07 bits per heavy atom. The van der Waals surface area contributed by atoms with Crippen LogP contribution in [0.4, 0.5) is 0 Å². The Morgan fingerprint density at radius 3 is 2.43 bits per heavy atom. The number of nitrogens with one attached hydrogen (secondary N) is 2. The van der Waals surface area contributed by atoms with Gasteiger partial charge in [-0.25, -0.2) is 0 Å². The third-order valence-electron chi connectivity index (χ3n) is 4.77. The first-order chi connectivity index (χ1) is 14.7. The van der Waals surface area contributed by atoms with Gasteiger partial charge in [-0.3, -0.25) is 14.5 Å². The van der Waals surface area contributed by atoms with Crippen molar-refractivity contribution < 1.29 is 19.1 Å². The maximum absolute atomic E-state index is 12.8.